The van der Waals surface area contributed by atoms with Crippen molar-refractivity contribution in [2.24, 2.45) is 0 Å². The summed E-state index contributed by atoms with van der Waals surface area (Å²) in [5.74, 6) is 0. The average Bonchev–Trinajstić information content (AvgIpc) is 2.44. The van der Waals surface area contributed by atoms with Gasteiger partial charge < -0.3 is 14.8 Å². The van der Waals surface area contributed by atoms with E-state index in [1.807, 2.05) is 26.8 Å². The Morgan fingerprint density at radius 2 is 2.10 bits per heavy atom. The van der Waals surface area contributed by atoms with E-state index < -0.39 is 0 Å². The van der Waals surface area contributed by atoms with Crippen LogP contribution in [0.3, 0.4) is 0 Å². The molecule has 0 unspecified atom stereocenters. The van der Waals surface area contributed by atoms with Crippen LogP contribution in [0.15, 0.2) is 18.2 Å². The number of hydrogen-bond donors (Lipinski definition) is 1. The van der Waals surface area contributed by atoms with Gasteiger partial charge in [0.05, 0.1) is 30.8 Å². The zero-order chi connectivity index (χ0) is 15.7. The Bertz CT molecular complexity index is 449. The van der Waals surface area contributed by atoms with Crippen molar-refractivity contribution in [3.05, 3.63) is 33.9 Å². The third-order valence-electron chi connectivity index (χ3n) is 2.81. The second kappa shape index (κ2) is 9.31. The molecule has 1 aromatic rings. The summed E-state index contributed by atoms with van der Waals surface area (Å²) in [4.78, 5) is 10.7. The van der Waals surface area contributed by atoms with Gasteiger partial charge in [0, 0.05) is 18.2 Å². The topological polar surface area (TPSA) is 73.6 Å². The number of nitrogens with zero attached hydrogens (tertiary/aromatic N) is 1. The highest BCUT2D eigenvalue weighted by atomic mass is 16.6. The Hall–Kier alpha value is -1.66. The smallest absolute Gasteiger partial charge is 0.292 e. The van der Waals surface area contributed by atoms with Gasteiger partial charge in [-0.05, 0) is 20.3 Å². The molecule has 0 aromatic heterocycles. The van der Waals surface area contributed by atoms with Gasteiger partial charge in [-0.25, -0.2) is 0 Å². The maximum absolute atomic E-state index is 11.1. The summed E-state index contributed by atoms with van der Waals surface area (Å²) in [5, 5.41) is 14.2. The van der Waals surface area contributed by atoms with E-state index in [4.69, 9.17) is 9.47 Å². The highest BCUT2D eigenvalue weighted by molar-refractivity contribution is 5.66. The maximum Gasteiger partial charge on any atom is 0.292 e. The molecule has 0 aliphatic rings. The van der Waals surface area contributed by atoms with Crippen LogP contribution in [0.5, 0.6) is 0 Å². The van der Waals surface area contributed by atoms with E-state index in [9.17, 15) is 10.1 Å². The van der Waals surface area contributed by atoms with E-state index in [1.165, 1.54) is 6.07 Å². The van der Waals surface area contributed by atoms with Crippen LogP contribution in [0.2, 0.25) is 0 Å². The minimum absolute atomic E-state index is 0.0861. The lowest BCUT2D eigenvalue weighted by molar-refractivity contribution is -0.384. The number of rotatable bonds is 10. The second-order valence-corrected chi connectivity index (χ2v) is 4.97. The third kappa shape index (κ3) is 6.10. The van der Waals surface area contributed by atoms with E-state index in [-0.39, 0.29) is 16.7 Å². The lowest BCUT2D eigenvalue weighted by Gasteiger charge is -2.13. The fraction of sp³-hybridized carbons (Fsp3) is 0.600. The quantitative estimate of drug-likeness (QED) is 0.407. The van der Waals surface area contributed by atoms with Gasteiger partial charge in [-0.1, -0.05) is 19.1 Å². The average molecular weight is 296 g/mol. The zero-order valence-corrected chi connectivity index (χ0v) is 12.9. The second-order valence-electron chi connectivity index (χ2n) is 4.97. The minimum Gasteiger partial charge on any atom is -0.379 e. The molecule has 0 atom stereocenters. The molecular weight excluding hydrogens is 272 g/mol. The molecule has 0 bridgehead atoms. The first-order chi connectivity index (χ1) is 10.1. The predicted octanol–water partition coefficient (Wildman–Crippen LogP) is 3.36. The molecular formula is C15H24N2O4. The number of benzene rings is 1. The largest absolute Gasteiger partial charge is 0.379 e. The number of nitrogens with one attached hydrogen (secondary N) is 1. The molecule has 0 amide bonds. The summed E-state index contributed by atoms with van der Waals surface area (Å²) < 4.78 is 10.9. The monoisotopic (exact) mass is 296 g/mol. The van der Waals surface area contributed by atoms with Crippen molar-refractivity contribution in [1.82, 2.24) is 0 Å². The number of hydrogen-bond acceptors (Lipinski definition) is 5. The predicted molar refractivity (Wildman–Crippen MR) is 82.6 cm³/mol. The molecule has 1 rings (SSSR count). The lowest BCUT2D eigenvalue weighted by atomic mass is 10.1. The summed E-state index contributed by atoms with van der Waals surface area (Å²) in [5.41, 5.74) is 1.43. The fourth-order valence-corrected chi connectivity index (χ4v) is 1.84. The molecule has 1 aromatic carbocycles. The van der Waals surface area contributed by atoms with Crippen molar-refractivity contribution in [3.8, 4) is 0 Å². The van der Waals surface area contributed by atoms with Crippen LogP contribution < -0.4 is 5.32 Å². The van der Waals surface area contributed by atoms with Gasteiger partial charge in [-0.3, -0.25) is 10.1 Å². The van der Waals surface area contributed by atoms with Crippen LogP contribution in [0, 0.1) is 10.1 Å². The third-order valence-corrected chi connectivity index (χ3v) is 2.81. The molecule has 0 spiro atoms. The van der Waals surface area contributed by atoms with E-state index >= 15 is 0 Å². The van der Waals surface area contributed by atoms with Crippen molar-refractivity contribution in [3.63, 3.8) is 0 Å². The normalized spacial score (nSPS) is 10.9. The van der Waals surface area contributed by atoms with Gasteiger partial charge in [0.1, 0.15) is 5.69 Å². The molecule has 1 N–H and O–H groups in total. The van der Waals surface area contributed by atoms with Gasteiger partial charge in [0.2, 0.25) is 0 Å². The van der Waals surface area contributed by atoms with Gasteiger partial charge in [-0.2, -0.15) is 0 Å². The molecule has 0 saturated heterocycles. The van der Waals surface area contributed by atoms with Crippen LogP contribution >= 0.6 is 0 Å². The number of para-hydroxylation sites is 1. The molecule has 0 radical (unpaired) electrons. The maximum atomic E-state index is 11.1. The van der Waals surface area contributed by atoms with Crippen LogP contribution in [0.4, 0.5) is 11.4 Å². The molecule has 6 nitrogen and oxygen atoms in total. The minimum atomic E-state index is -0.372. The molecule has 0 aliphatic carbocycles. The fourth-order valence-electron chi connectivity index (χ4n) is 1.84. The molecule has 0 aliphatic heterocycles. The Balaban J connectivity index is 2.66. The summed E-state index contributed by atoms with van der Waals surface area (Å²) >= 11 is 0. The van der Waals surface area contributed by atoms with Crippen LogP contribution in [-0.4, -0.2) is 30.8 Å². The Morgan fingerprint density at radius 3 is 2.71 bits per heavy atom. The number of ether oxygens (including phenoxy) is 2. The molecule has 118 valence electrons. The highest BCUT2D eigenvalue weighted by Crippen LogP contribution is 2.28. The van der Waals surface area contributed by atoms with Crippen molar-refractivity contribution < 1.29 is 14.4 Å². The summed E-state index contributed by atoms with van der Waals surface area (Å²) in [7, 11) is 0. The van der Waals surface area contributed by atoms with E-state index in [1.54, 1.807) is 6.07 Å². The molecule has 0 saturated carbocycles. The van der Waals surface area contributed by atoms with E-state index in [0.717, 1.165) is 12.0 Å². The Labute approximate surface area is 125 Å². The number of anilines is 1. The Morgan fingerprint density at radius 1 is 1.33 bits per heavy atom. The van der Waals surface area contributed by atoms with Crippen LogP contribution in [-0.2, 0) is 16.1 Å². The van der Waals surface area contributed by atoms with Crippen molar-refractivity contribution in [2.75, 3.05) is 25.1 Å². The van der Waals surface area contributed by atoms with Gasteiger partial charge in [0.15, 0.2) is 0 Å². The van der Waals surface area contributed by atoms with Crippen molar-refractivity contribution in [1.29, 1.82) is 0 Å². The van der Waals surface area contributed by atoms with Gasteiger partial charge in [0.25, 0.3) is 5.69 Å². The SMILES string of the molecule is CCCNc1c(COCCOC(C)C)cccc1[N+](=O)[O-]. The Kier molecular flexibility index (Phi) is 7.71. The lowest BCUT2D eigenvalue weighted by Crippen LogP contribution is -2.11. The first-order valence-corrected chi connectivity index (χ1v) is 7.25. The van der Waals surface area contributed by atoms with Gasteiger partial charge in [-0.15, -0.1) is 0 Å². The first kappa shape index (κ1) is 17.4. The van der Waals surface area contributed by atoms with Crippen molar-refractivity contribution in [2.45, 2.75) is 39.9 Å². The van der Waals surface area contributed by atoms with Gasteiger partial charge >= 0.3 is 0 Å². The molecule has 0 heterocycles. The first-order valence-electron chi connectivity index (χ1n) is 7.25. The summed E-state index contributed by atoms with van der Waals surface area (Å²) in [6.45, 7) is 7.95. The molecule has 21 heavy (non-hydrogen) atoms. The molecule has 6 heteroatoms. The zero-order valence-electron chi connectivity index (χ0n) is 12.9. The number of nitro benzene ring substituents is 1. The highest BCUT2D eigenvalue weighted by Gasteiger charge is 2.16. The summed E-state index contributed by atoms with van der Waals surface area (Å²) in [6.07, 6.45) is 1.07. The number of nitro groups is 1. The summed E-state index contributed by atoms with van der Waals surface area (Å²) in [6, 6.07) is 5.02. The van der Waals surface area contributed by atoms with Crippen LogP contribution in [0.1, 0.15) is 32.8 Å². The van der Waals surface area contributed by atoms with E-state index in [2.05, 4.69) is 5.32 Å². The molecule has 0 fully saturated rings. The van der Waals surface area contributed by atoms with Crippen molar-refractivity contribution >= 4 is 11.4 Å². The van der Waals surface area contributed by atoms with Crippen LogP contribution in [0.25, 0.3) is 0 Å². The standard InChI is InChI=1S/C15H24N2O4/c1-4-8-16-15-13(6-5-7-14(15)17(18)19)11-20-9-10-21-12(2)3/h5-7,12,16H,4,8-11H2,1-3H3. The van der Waals surface area contributed by atoms with E-state index in [0.29, 0.717) is 32.1 Å².